The molecule has 1 aliphatic rings. The summed E-state index contributed by atoms with van der Waals surface area (Å²) < 4.78 is 0. The Kier molecular flexibility index (Phi) is 4.37. The van der Waals surface area contributed by atoms with Gasteiger partial charge in [-0.3, -0.25) is 4.79 Å². The van der Waals surface area contributed by atoms with Gasteiger partial charge < -0.3 is 10.6 Å². The third-order valence-electron chi connectivity index (χ3n) is 3.69. The van der Waals surface area contributed by atoms with E-state index in [2.05, 4.69) is 17.6 Å². The highest BCUT2D eigenvalue weighted by Gasteiger charge is 2.14. The number of nitrogens with one attached hydrogen (secondary N) is 2. The van der Waals surface area contributed by atoms with Gasteiger partial charge in [0.1, 0.15) is 0 Å². The molecular formula is C15H22N2O. The van der Waals surface area contributed by atoms with Gasteiger partial charge in [0.15, 0.2) is 0 Å². The first-order chi connectivity index (χ1) is 8.66. The van der Waals surface area contributed by atoms with Crippen LogP contribution in [-0.4, -0.2) is 25.0 Å². The first kappa shape index (κ1) is 13.1. The Labute approximate surface area is 109 Å². The zero-order valence-electron chi connectivity index (χ0n) is 11.3. The van der Waals surface area contributed by atoms with E-state index in [1.165, 1.54) is 24.0 Å². The summed E-state index contributed by atoms with van der Waals surface area (Å²) in [6.07, 6.45) is 3.67. The third kappa shape index (κ3) is 3.33. The molecule has 98 valence electrons. The summed E-state index contributed by atoms with van der Waals surface area (Å²) in [5, 5.41) is 6.45. The van der Waals surface area contributed by atoms with Crippen LogP contribution in [0.2, 0.25) is 0 Å². The van der Waals surface area contributed by atoms with Crippen LogP contribution in [0.1, 0.15) is 40.7 Å². The molecule has 1 saturated heterocycles. The highest BCUT2D eigenvalue weighted by Crippen LogP contribution is 2.10. The lowest BCUT2D eigenvalue weighted by atomic mass is 10.0. The molecule has 2 N–H and O–H groups in total. The van der Waals surface area contributed by atoms with Crippen molar-refractivity contribution < 1.29 is 4.79 Å². The molecule has 0 aromatic heterocycles. The normalized spacial score (nSPS) is 19.6. The zero-order valence-corrected chi connectivity index (χ0v) is 11.3. The molecular weight excluding hydrogens is 224 g/mol. The summed E-state index contributed by atoms with van der Waals surface area (Å²) in [5.74, 6) is 0.0328. The first-order valence-corrected chi connectivity index (χ1v) is 6.75. The Morgan fingerprint density at radius 1 is 1.33 bits per heavy atom. The van der Waals surface area contributed by atoms with Crippen molar-refractivity contribution in [2.24, 2.45) is 0 Å². The van der Waals surface area contributed by atoms with Gasteiger partial charge in [0.05, 0.1) is 0 Å². The molecule has 2 rings (SSSR count). The lowest BCUT2D eigenvalue weighted by Gasteiger charge is -2.23. The predicted octanol–water partition coefficient (Wildman–Crippen LogP) is 2.18. The smallest absolute Gasteiger partial charge is 0.251 e. The summed E-state index contributed by atoms with van der Waals surface area (Å²) in [6, 6.07) is 6.29. The number of hydrogen-bond donors (Lipinski definition) is 2. The standard InChI is InChI=1S/C15H22N2O/c1-11-6-7-13(9-12(11)2)15(18)17-10-14-5-3-4-8-16-14/h6-7,9,14,16H,3-5,8,10H2,1-2H3,(H,17,18). The summed E-state index contributed by atoms with van der Waals surface area (Å²) in [5.41, 5.74) is 3.15. The average molecular weight is 246 g/mol. The zero-order chi connectivity index (χ0) is 13.0. The molecule has 0 bridgehead atoms. The maximum absolute atomic E-state index is 12.0. The second-order valence-corrected chi connectivity index (χ2v) is 5.16. The SMILES string of the molecule is Cc1ccc(C(=O)NCC2CCCCN2)cc1C. The van der Waals surface area contributed by atoms with E-state index in [9.17, 15) is 4.79 Å². The fourth-order valence-electron chi connectivity index (χ4n) is 2.30. The fraction of sp³-hybridized carbons (Fsp3) is 0.533. The number of aryl methyl sites for hydroxylation is 2. The number of rotatable bonds is 3. The first-order valence-electron chi connectivity index (χ1n) is 6.75. The Morgan fingerprint density at radius 3 is 2.83 bits per heavy atom. The lowest BCUT2D eigenvalue weighted by Crippen LogP contribution is -2.43. The van der Waals surface area contributed by atoms with Crippen molar-refractivity contribution in [1.82, 2.24) is 10.6 Å². The Hall–Kier alpha value is -1.35. The number of carbonyl (C=O) groups excluding carboxylic acids is 1. The molecule has 3 heteroatoms. The van der Waals surface area contributed by atoms with Crippen molar-refractivity contribution in [1.29, 1.82) is 0 Å². The van der Waals surface area contributed by atoms with E-state index in [0.717, 1.165) is 25.1 Å². The number of piperidine rings is 1. The minimum Gasteiger partial charge on any atom is -0.350 e. The van der Waals surface area contributed by atoms with E-state index in [4.69, 9.17) is 0 Å². The monoisotopic (exact) mass is 246 g/mol. The minimum absolute atomic E-state index is 0.0328. The molecule has 1 aromatic carbocycles. The van der Waals surface area contributed by atoms with Gasteiger partial charge in [0.2, 0.25) is 0 Å². The molecule has 1 heterocycles. The molecule has 0 spiro atoms. The molecule has 1 aliphatic heterocycles. The minimum atomic E-state index is 0.0328. The summed E-state index contributed by atoms with van der Waals surface area (Å²) in [6.45, 7) is 5.90. The van der Waals surface area contributed by atoms with Crippen LogP contribution in [0.5, 0.6) is 0 Å². The van der Waals surface area contributed by atoms with Gasteiger partial charge in [-0.05, 0) is 56.5 Å². The van der Waals surface area contributed by atoms with Gasteiger partial charge >= 0.3 is 0 Å². The van der Waals surface area contributed by atoms with Crippen molar-refractivity contribution >= 4 is 5.91 Å². The number of benzene rings is 1. The summed E-state index contributed by atoms with van der Waals surface area (Å²) in [7, 11) is 0. The van der Waals surface area contributed by atoms with Gasteiger partial charge in [-0.15, -0.1) is 0 Å². The van der Waals surface area contributed by atoms with E-state index < -0.39 is 0 Å². The van der Waals surface area contributed by atoms with E-state index in [0.29, 0.717) is 6.04 Å². The van der Waals surface area contributed by atoms with Crippen molar-refractivity contribution in [3.05, 3.63) is 34.9 Å². The van der Waals surface area contributed by atoms with E-state index >= 15 is 0 Å². The maximum Gasteiger partial charge on any atom is 0.251 e. The molecule has 0 aliphatic carbocycles. The highest BCUT2D eigenvalue weighted by atomic mass is 16.1. The Morgan fingerprint density at radius 2 is 2.17 bits per heavy atom. The molecule has 18 heavy (non-hydrogen) atoms. The fourth-order valence-corrected chi connectivity index (χ4v) is 2.30. The largest absolute Gasteiger partial charge is 0.350 e. The van der Waals surface area contributed by atoms with Crippen LogP contribution >= 0.6 is 0 Å². The molecule has 1 aromatic rings. The molecule has 1 unspecified atom stereocenters. The van der Waals surface area contributed by atoms with Gasteiger partial charge in [-0.2, -0.15) is 0 Å². The molecule has 1 fully saturated rings. The summed E-state index contributed by atoms with van der Waals surface area (Å²) >= 11 is 0. The number of carbonyl (C=O) groups is 1. The van der Waals surface area contributed by atoms with Gasteiger partial charge in [0.25, 0.3) is 5.91 Å². The predicted molar refractivity (Wildman–Crippen MR) is 73.9 cm³/mol. The molecule has 0 radical (unpaired) electrons. The van der Waals surface area contributed by atoms with Crippen LogP contribution < -0.4 is 10.6 Å². The molecule has 0 saturated carbocycles. The molecule has 1 amide bonds. The van der Waals surface area contributed by atoms with Crippen molar-refractivity contribution in [3.8, 4) is 0 Å². The number of amides is 1. The van der Waals surface area contributed by atoms with Crippen LogP contribution in [0.15, 0.2) is 18.2 Å². The van der Waals surface area contributed by atoms with Crippen LogP contribution in [0.25, 0.3) is 0 Å². The van der Waals surface area contributed by atoms with Crippen molar-refractivity contribution in [2.45, 2.75) is 39.2 Å². The van der Waals surface area contributed by atoms with Crippen LogP contribution in [0, 0.1) is 13.8 Å². The third-order valence-corrected chi connectivity index (χ3v) is 3.69. The molecule has 3 nitrogen and oxygen atoms in total. The lowest BCUT2D eigenvalue weighted by molar-refractivity contribution is 0.0947. The van der Waals surface area contributed by atoms with Gasteiger partial charge in [0, 0.05) is 18.2 Å². The van der Waals surface area contributed by atoms with Crippen LogP contribution in [-0.2, 0) is 0 Å². The van der Waals surface area contributed by atoms with Gasteiger partial charge in [-0.1, -0.05) is 12.5 Å². The topological polar surface area (TPSA) is 41.1 Å². The van der Waals surface area contributed by atoms with Crippen LogP contribution in [0.4, 0.5) is 0 Å². The Balaban J connectivity index is 1.88. The van der Waals surface area contributed by atoms with Crippen molar-refractivity contribution in [3.63, 3.8) is 0 Å². The second-order valence-electron chi connectivity index (χ2n) is 5.16. The van der Waals surface area contributed by atoms with Gasteiger partial charge in [-0.25, -0.2) is 0 Å². The van der Waals surface area contributed by atoms with Crippen molar-refractivity contribution in [2.75, 3.05) is 13.1 Å². The Bertz CT molecular complexity index is 423. The summed E-state index contributed by atoms with van der Waals surface area (Å²) in [4.78, 5) is 12.0. The quantitative estimate of drug-likeness (QED) is 0.858. The highest BCUT2D eigenvalue weighted by molar-refractivity contribution is 5.94. The van der Waals surface area contributed by atoms with Crippen LogP contribution in [0.3, 0.4) is 0 Å². The molecule has 1 atom stereocenters. The maximum atomic E-state index is 12.0. The number of hydrogen-bond acceptors (Lipinski definition) is 2. The van der Waals surface area contributed by atoms with E-state index in [1.807, 2.05) is 25.1 Å². The average Bonchev–Trinajstić information content (AvgIpc) is 2.40. The van der Waals surface area contributed by atoms with E-state index in [1.54, 1.807) is 0 Å². The second kappa shape index (κ2) is 6.01. The van der Waals surface area contributed by atoms with E-state index in [-0.39, 0.29) is 5.91 Å².